The molecule has 0 bridgehead atoms. The van der Waals surface area contributed by atoms with Gasteiger partial charge >= 0.3 is 0 Å². The molecule has 39 heavy (non-hydrogen) atoms. The minimum atomic E-state index is -4.18. The second-order valence-corrected chi connectivity index (χ2v) is 10.8. The van der Waals surface area contributed by atoms with E-state index in [0.29, 0.717) is 18.0 Å². The molecule has 3 rings (SSSR count). The molecule has 0 heterocycles. The van der Waals surface area contributed by atoms with Gasteiger partial charge in [-0.2, -0.15) is 0 Å². The molecule has 0 aliphatic heterocycles. The number of nitrogens with one attached hydrogen (secondary N) is 1. The van der Waals surface area contributed by atoms with Crippen molar-refractivity contribution in [3.8, 4) is 11.5 Å². The maximum Gasteiger partial charge on any atom is 0.264 e. The van der Waals surface area contributed by atoms with Gasteiger partial charge in [0.25, 0.3) is 10.0 Å². The Morgan fingerprint density at radius 1 is 0.923 bits per heavy atom. The molecule has 208 valence electrons. The summed E-state index contributed by atoms with van der Waals surface area (Å²) in [6, 6.07) is 19.3. The summed E-state index contributed by atoms with van der Waals surface area (Å²) >= 11 is 0. The fourth-order valence-corrected chi connectivity index (χ4v) is 5.44. The molecule has 1 atom stereocenters. The second kappa shape index (κ2) is 13.1. The molecular formula is C29H35N3O6S. The van der Waals surface area contributed by atoms with Gasteiger partial charge in [0.05, 0.1) is 24.8 Å². The molecule has 0 aliphatic rings. The summed E-state index contributed by atoms with van der Waals surface area (Å²) in [4.78, 5) is 28.1. The SMILES string of the molecule is CCNC(=O)[C@H](C)N(Cc1ccc(OC)cc1)C(=O)CN(c1ccccc1OC)S(=O)(=O)c1ccc(C)cc1. The Balaban J connectivity index is 2.05. The highest BCUT2D eigenvalue weighted by Crippen LogP contribution is 2.32. The summed E-state index contributed by atoms with van der Waals surface area (Å²) in [7, 11) is -1.19. The number of para-hydroxylation sites is 2. The molecule has 0 aromatic heterocycles. The van der Waals surface area contributed by atoms with Crippen LogP contribution in [0, 0.1) is 6.92 Å². The van der Waals surface area contributed by atoms with Gasteiger partial charge in [-0.1, -0.05) is 42.0 Å². The number of methoxy groups -OCH3 is 2. The molecule has 3 aromatic rings. The van der Waals surface area contributed by atoms with Crippen LogP contribution in [-0.2, 0) is 26.2 Å². The first-order chi connectivity index (χ1) is 18.6. The number of likely N-dealkylation sites (N-methyl/N-ethyl adjacent to an activating group) is 1. The van der Waals surface area contributed by atoms with Crippen LogP contribution in [0.15, 0.2) is 77.7 Å². The summed E-state index contributed by atoms with van der Waals surface area (Å²) in [6.45, 7) is 5.20. The number of anilines is 1. The van der Waals surface area contributed by atoms with Crippen molar-refractivity contribution in [2.75, 3.05) is 31.6 Å². The van der Waals surface area contributed by atoms with Crippen LogP contribution in [0.2, 0.25) is 0 Å². The zero-order valence-electron chi connectivity index (χ0n) is 22.9. The van der Waals surface area contributed by atoms with E-state index in [1.54, 1.807) is 81.6 Å². The molecule has 0 radical (unpaired) electrons. The van der Waals surface area contributed by atoms with Crippen molar-refractivity contribution >= 4 is 27.5 Å². The Bertz CT molecular complexity index is 1370. The number of nitrogens with zero attached hydrogens (tertiary/aromatic N) is 2. The van der Waals surface area contributed by atoms with Crippen LogP contribution >= 0.6 is 0 Å². The molecule has 0 aliphatic carbocycles. The van der Waals surface area contributed by atoms with Gasteiger partial charge in [0.15, 0.2) is 0 Å². The van der Waals surface area contributed by atoms with Gasteiger partial charge in [-0.3, -0.25) is 13.9 Å². The first kappa shape index (κ1) is 29.5. The molecule has 2 amide bonds. The molecule has 9 nitrogen and oxygen atoms in total. The van der Waals surface area contributed by atoms with Crippen molar-refractivity contribution in [2.24, 2.45) is 0 Å². The molecule has 0 unspecified atom stereocenters. The number of hydrogen-bond acceptors (Lipinski definition) is 6. The zero-order chi connectivity index (χ0) is 28.6. The quantitative estimate of drug-likeness (QED) is 0.366. The molecule has 0 spiro atoms. The monoisotopic (exact) mass is 553 g/mol. The number of carbonyl (C=O) groups is 2. The molecule has 0 saturated carbocycles. The average Bonchev–Trinajstić information content (AvgIpc) is 2.94. The third-order valence-corrected chi connectivity index (χ3v) is 8.05. The standard InChI is InChI=1S/C29H35N3O6S/c1-6-30-29(34)22(3)31(19-23-13-15-24(37-4)16-14-23)28(33)20-32(26-9-7-8-10-27(26)38-5)39(35,36)25-17-11-21(2)12-18-25/h7-18,22H,6,19-20H2,1-5H3,(H,30,34)/t22-/m0/s1. The molecule has 10 heteroatoms. The molecule has 1 N–H and O–H groups in total. The van der Waals surface area contributed by atoms with Crippen LogP contribution < -0.4 is 19.1 Å². The van der Waals surface area contributed by atoms with Crippen molar-refractivity contribution < 1.29 is 27.5 Å². The second-order valence-electron chi connectivity index (χ2n) is 8.94. The van der Waals surface area contributed by atoms with Gasteiger partial charge in [0.1, 0.15) is 24.1 Å². The zero-order valence-corrected chi connectivity index (χ0v) is 23.7. The Labute approximate surface area is 230 Å². The molecule has 3 aromatic carbocycles. The number of rotatable bonds is 12. The minimum absolute atomic E-state index is 0.0327. The molecular weight excluding hydrogens is 518 g/mol. The van der Waals surface area contributed by atoms with Crippen LogP contribution in [0.25, 0.3) is 0 Å². The van der Waals surface area contributed by atoms with E-state index in [1.807, 2.05) is 6.92 Å². The van der Waals surface area contributed by atoms with Gasteiger partial charge in [-0.05, 0) is 62.7 Å². The number of benzene rings is 3. The van der Waals surface area contributed by atoms with Gasteiger partial charge in [-0.25, -0.2) is 8.42 Å². The Morgan fingerprint density at radius 3 is 2.15 bits per heavy atom. The Morgan fingerprint density at radius 2 is 1.56 bits per heavy atom. The lowest BCUT2D eigenvalue weighted by Crippen LogP contribution is -2.51. The molecule has 0 saturated heterocycles. The number of amides is 2. The lowest BCUT2D eigenvalue weighted by Gasteiger charge is -2.32. The van der Waals surface area contributed by atoms with E-state index in [0.717, 1.165) is 15.4 Å². The summed E-state index contributed by atoms with van der Waals surface area (Å²) in [5.41, 5.74) is 1.87. The highest BCUT2D eigenvalue weighted by Gasteiger charge is 2.33. The van der Waals surface area contributed by atoms with Crippen LogP contribution in [0.3, 0.4) is 0 Å². The van der Waals surface area contributed by atoms with Crippen molar-refractivity contribution in [1.29, 1.82) is 0 Å². The highest BCUT2D eigenvalue weighted by molar-refractivity contribution is 7.92. The van der Waals surface area contributed by atoms with Gasteiger partial charge in [-0.15, -0.1) is 0 Å². The first-order valence-electron chi connectivity index (χ1n) is 12.5. The summed E-state index contributed by atoms with van der Waals surface area (Å²) in [6.07, 6.45) is 0. The minimum Gasteiger partial charge on any atom is -0.497 e. The maximum absolute atomic E-state index is 13.9. The summed E-state index contributed by atoms with van der Waals surface area (Å²) in [5.74, 6) is 0.0511. The normalized spacial score (nSPS) is 11.8. The van der Waals surface area contributed by atoms with Crippen LogP contribution in [-0.4, -0.2) is 58.5 Å². The average molecular weight is 554 g/mol. The number of aryl methyl sites for hydroxylation is 1. The van der Waals surface area contributed by atoms with Crippen molar-refractivity contribution in [3.63, 3.8) is 0 Å². The van der Waals surface area contributed by atoms with Crippen molar-refractivity contribution in [2.45, 2.75) is 38.3 Å². The maximum atomic E-state index is 13.9. The predicted octanol–water partition coefficient (Wildman–Crippen LogP) is 3.76. The number of carbonyl (C=O) groups excluding carboxylic acids is 2. The van der Waals surface area contributed by atoms with Crippen LogP contribution in [0.5, 0.6) is 11.5 Å². The van der Waals surface area contributed by atoms with E-state index in [1.165, 1.54) is 24.1 Å². The highest BCUT2D eigenvalue weighted by atomic mass is 32.2. The number of sulfonamides is 1. The summed E-state index contributed by atoms with van der Waals surface area (Å²) in [5, 5.41) is 2.74. The number of ether oxygens (including phenoxy) is 2. The van der Waals surface area contributed by atoms with E-state index < -0.39 is 28.5 Å². The first-order valence-corrected chi connectivity index (χ1v) is 14.0. The van der Waals surface area contributed by atoms with E-state index >= 15 is 0 Å². The lowest BCUT2D eigenvalue weighted by atomic mass is 10.1. The van der Waals surface area contributed by atoms with Gasteiger partial charge < -0.3 is 19.7 Å². The van der Waals surface area contributed by atoms with E-state index in [-0.39, 0.29) is 23.0 Å². The smallest absolute Gasteiger partial charge is 0.264 e. The Kier molecular flexibility index (Phi) is 9.95. The molecule has 0 fully saturated rings. The third-order valence-electron chi connectivity index (χ3n) is 6.27. The Hall–Kier alpha value is -4.05. The fourth-order valence-electron chi connectivity index (χ4n) is 4.02. The van der Waals surface area contributed by atoms with E-state index in [4.69, 9.17) is 9.47 Å². The van der Waals surface area contributed by atoms with E-state index in [9.17, 15) is 18.0 Å². The third kappa shape index (κ3) is 7.08. The fraction of sp³-hybridized carbons (Fsp3) is 0.310. The predicted molar refractivity (Wildman–Crippen MR) is 150 cm³/mol. The van der Waals surface area contributed by atoms with E-state index in [2.05, 4.69) is 5.32 Å². The van der Waals surface area contributed by atoms with Crippen molar-refractivity contribution in [3.05, 3.63) is 83.9 Å². The topological polar surface area (TPSA) is 105 Å². The number of hydrogen-bond donors (Lipinski definition) is 1. The van der Waals surface area contributed by atoms with Crippen molar-refractivity contribution in [1.82, 2.24) is 10.2 Å². The lowest BCUT2D eigenvalue weighted by molar-refractivity contribution is -0.139. The summed E-state index contributed by atoms with van der Waals surface area (Å²) < 4.78 is 39.5. The van der Waals surface area contributed by atoms with Gasteiger partial charge in [0, 0.05) is 13.1 Å². The van der Waals surface area contributed by atoms with Gasteiger partial charge in [0.2, 0.25) is 11.8 Å². The van der Waals surface area contributed by atoms with Crippen LogP contribution in [0.4, 0.5) is 5.69 Å². The van der Waals surface area contributed by atoms with Crippen LogP contribution in [0.1, 0.15) is 25.0 Å². The largest absolute Gasteiger partial charge is 0.497 e.